The maximum atomic E-state index is 10.5. The highest BCUT2D eigenvalue weighted by atomic mass is 32.2. The van der Waals surface area contributed by atoms with Crippen molar-refractivity contribution in [2.75, 3.05) is 5.75 Å². The summed E-state index contributed by atoms with van der Waals surface area (Å²) >= 11 is 1.27. The number of aromatic nitrogens is 2. The Morgan fingerprint density at radius 3 is 3.18 bits per heavy atom. The summed E-state index contributed by atoms with van der Waals surface area (Å²) in [6, 6.07) is 0. The molecule has 0 fully saturated rings. The second kappa shape index (κ2) is 5.58. The molecule has 5 heteroatoms. The van der Waals surface area contributed by atoms with Crippen molar-refractivity contribution in [2.45, 2.75) is 44.2 Å². The minimum absolute atomic E-state index is 0.0742. The van der Waals surface area contributed by atoms with Gasteiger partial charge in [0, 0.05) is 5.69 Å². The molecule has 1 aromatic heterocycles. The van der Waals surface area contributed by atoms with Crippen LogP contribution in [0.2, 0.25) is 0 Å². The standard InChI is InChI=1S/C12H18N2O2S/c1-2-3-8-4-5-9-10(6-8)14-12(13-9)17-7-11(15)16/h8H,2-7H2,1H3,(H,13,14)(H,15,16). The van der Waals surface area contributed by atoms with Gasteiger partial charge in [-0.3, -0.25) is 4.79 Å². The van der Waals surface area contributed by atoms with E-state index in [4.69, 9.17) is 5.11 Å². The molecule has 0 saturated carbocycles. The maximum Gasteiger partial charge on any atom is 0.313 e. The number of hydrogen-bond acceptors (Lipinski definition) is 3. The first-order valence-corrected chi connectivity index (χ1v) is 7.10. The van der Waals surface area contributed by atoms with Crippen LogP contribution in [0.15, 0.2) is 5.16 Å². The predicted molar refractivity (Wildman–Crippen MR) is 67.4 cm³/mol. The van der Waals surface area contributed by atoms with Crippen LogP contribution in [0.1, 0.15) is 37.6 Å². The highest BCUT2D eigenvalue weighted by molar-refractivity contribution is 7.99. The lowest BCUT2D eigenvalue weighted by atomic mass is 9.87. The van der Waals surface area contributed by atoms with Crippen LogP contribution in [0.5, 0.6) is 0 Å². The van der Waals surface area contributed by atoms with Gasteiger partial charge in [-0.15, -0.1) is 0 Å². The molecular weight excluding hydrogens is 236 g/mol. The Bertz CT molecular complexity index is 403. The third kappa shape index (κ3) is 3.25. The number of carbonyl (C=O) groups is 1. The fraction of sp³-hybridized carbons (Fsp3) is 0.667. The molecule has 1 aromatic rings. The first-order chi connectivity index (χ1) is 8.19. The Morgan fingerprint density at radius 1 is 1.65 bits per heavy atom. The monoisotopic (exact) mass is 254 g/mol. The van der Waals surface area contributed by atoms with Gasteiger partial charge in [0.25, 0.3) is 0 Å². The number of aryl methyl sites for hydroxylation is 1. The van der Waals surface area contributed by atoms with Gasteiger partial charge < -0.3 is 10.1 Å². The van der Waals surface area contributed by atoms with Crippen LogP contribution in [0.4, 0.5) is 0 Å². The lowest BCUT2D eigenvalue weighted by Gasteiger charge is -2.20. The van der Waals surface area contributed by atoms with Crippen LogP contribution in [0.3, 0.4) is 0 Å². The summed E-state index contributed by atoms with van der Waals surface area (Å²) < 4.78 is 0. The number of aliphatic carboxylic acids is 1. The van der Waals surface area contributed by atoms with Crippen LogP contribution >= 0.6 is 11.8 Å². The number of nitrogens with one attached hydrogen (secondary N) is 1. The fourth-order valence-electron chi connectivity index (χ4n) is 2.38. The molecule has 0 saturated heterocycles. The van der Waals surface area contributed by atoms with E-state index in [1.54, 1.807) is 0 Å². The van der Waals surface area contributed by atoms with E-state index in [-0.39, 0.29) is 5.75 Å². The van der Waals surface area contributed by atoms with Gasteiger partial charge in [0.05, 0.1) is 11.4 Å². The van der Waals surface area contributed by atoms with E-state index >= 15 is 0 Å². The number of carboxylic acid groups (broad SMARTS) is 1. The number of rotatable bonds is 5. The van der Waals surface area contributed by atoms with E-state index in [0.717, 1.165) is 29.6 Å². The molecular formula is C12H18N2O2S. The minimum atomic E-state index is -0.798. The van der Waals surface area contributed by atoms with Gasteiger partial charge in [0.15, 0.2) is 5.16 Å². The van der Waals surface area contributed by atoms with Crippen LogP contribution in [-0.2, 0) is 17.6 Å². The molecule has 1 heterocycles. The highest BCUT2D eigenvalue weighted by Crippen LogP contribution is 2.28. The molecule has 94 valence electrons. The van der Waals surface area contributed by atoms with Crippen molar-refractivity contribution in [1.29, 1.82) is 0 Å². The molecule has 1 aliphatic rings. The van der Waals surface area contributed by atoms with Gasteiger partial charge in [0.2, 0.25) is 0 Å². The zero-order valence-corrected chi connectivity index (χ0v) is 10.8. The summed E-state index contributed by atoms with van der Waals surface area (Å²) in [6.45, 7) is 2.22. The van der Waals surface area contributed by atoms with Crippen LogP contribution in [-0.4, -0.2) is 26.8 Å². The van der Waals surface area contributed by atoms with Crippen molar-refractivity contribution >= 4 is 17.7 Å². The Balaban J connectivity index is 1.99. The number of thioether (sulfide) groups is 1. The number of H-pyrrole nitrogens is 1. The van der Waals surface area contributed by atoms with Crippen LogP contribution in [0, 0.1) is 5.92 Å². The molecule has 1 aliphatic carbocycles. The third-order valence-electron chi connectivity index (χ3n) is 3.15. The molecule has 0 radical (unpaired) electrons. The molecule has 0 bridgehead atoms. The van der Waals surface area contributed by atoms with Crippen molar-refractivity contribution in [3.8, 4) is 0 Å². The number of aromatic amines is 1. The van der Waals surface area contributed by atoms with E-state index in [0.29, 0.717) is 0 Å². The highest BCUT2D eigenvalue weighted by Gasteiger charge is 2.21. The van der Waals surface area contributed by atoms with Crippen molar-refractivity contribution in [3.05, 3.63) is 11.4 Å². The van der Waals surface area contributed by atoms with Gasteiger partial charge in [-0.2, -0.15) is 0 Å². The second-order valence-corrected chi connectivity index (χ2v) is 5.51. The Hall–Kier alpha value is -0.970. The summed E-state index contributed by atoms with van der Waals surface area (Å²) in [7, 11) is 0. The van der Waals surface area contributed by atoms with E-state index in [1.165, 1.54) is 36.7 Å². The maximum absolute atomic E-state index is 10.5. The number of carboxylic acids is 1. The fourth-order valence-corrected chi connectivity index (χ4v) is 3.01. The molecule has 2 rings (SSSR count). The Kier molecular flexibility index (Phi) is 4.10. The lowest BCUT2D eigenvalue weighted by molar-refractivity contribution is -0.133. The summed E-state index contributed by atoms with van der Waals surface area (Å²) in [5.74, 6) is 0.0450. The topological polar surface area (TPSA) is 66.0 Å². The number of imidazole rings is 1. The average molecular weight is 254 g/mol. The number of fused-ring (bicyclic) bond motifs is 1. The first kappa shape index (κ1) is 12.5. The van der Waals surface area contributed by atoms with Gasteiger partial charge in [-0.1, -0.05) is 31.5 Å². The van der Waals surface area contributed by atoms with Crippen molar-refractivity contribution in [3.63, 3.8) is 0 Å². The average Bonchev–Trinajstić information content (AvgIpc) is 2.69. The molecule has 2 N–H and O–H groups in total. The summed E-state index contributed by atoms with van der Waals surface area (Å²) in [4.78, 5) is 18.2. The molecule has 0 spiro atoms. The van der Waals surface area contributed by atoms with Crippen LogP contribution in [0.25, 0.3) is 0 Å². The van der Waals surface area contributed by atoms with E-state index in [2.05, 4.69) is 16.9 Å². The summed E-state index contributed by atoms with van der Waals surface area (Å²) in [5, 5.41) is 9.39. The van der Waals surface area contributed by atoms with Gasteiger partial charge >= 0.3 is 5.97 Å². The molecule has 0 aromatic carbocycles. The molecule has 4 nitrogen and oxygen atoms in total. The Morgan fingerprint density at radius 2 is 2.47 bits per heavy atom. The number of nitrogens with zero attached hydrogens (tertiary/aromatic N) is 1. The van der Waals surface area contributed by atoms with Gasteiger partial charge in [-0.25, -0.2) is 4.98 Å². The molecule has 0 aliphatic heterocycles. The first-order valence-electron chi connectivity index (χ1n) is 6.11. The molecule has 0 amide bonds. The summed E-state index contributed by atoms with van der Waals surface area (Å²) in [5.41, 5.74) is 2.37. The molecule has 1 atom stereocenters. The zero-order valence-electron chi connectivity index (χ0n) is 10.0. The quantitative estimate of drug-likeness (QED) is 0.792. The third-order valence-corrected chi connectivity index (χ3v) is 4.01. The number of hydrogen-bond donors (Lipinski definition) is 2. The van der Waals surface area contributed by atoms with E-state index in [1.807, 2.05) is 0 Å². The van der Waals surface area contributed by atoms with E-state index in [9.17, 15) is 4.79 Å². The second-order valence-electron chi connectivity index (χ2n) is 4.55. The molecule has 1 unspecified atom stereocenters. The van der Waals surface area contributed by atoms with Crippen molar-refractivity contribution < 1.29 is 9.90 Å². The Labute approximate surface area is 105 Å². The normalized spacial score (nSPS) is 19.0. The summed E-state index contributed by atoms with van der Waals surface area (Å²) in [6.07, 6.45) is 5.83. The SMILES string of the molecule is CCCC1CCc2nc(SCC(=O)O)[nH]c2C1. The smallest absolute Gasteiger partial charge is 0.313 e. The van der Waals surface area contributed by atoms with Crippen molar-refractivity contribution in [1.82, 2.24) is 9.97 Å². The molecule has 17 heavy (non-hydrogen) atoms. The zero-order chi connectivity index (χ0) is 12.3. The van der Waals surface area contributed by atoms with Gasteiger partial charge in [0.1, 0.15) is 0 Å². The van der Waals surface area contributed by atoms with Crippen LogP contribution < -0.4 is 0 Å². The van der Waals surface area contributed by atoms with Gasteiger partial charge in [-0.05, 0) is 25.2 Å². The predicted octanol–water partition coefficient (Wildman–Crippen LogP) is 2.49. The minimum Gasteiger partial charge on any atom is -0.481 e. The van der Waals surface area contributed by atoms with E-state index < -0.39 is 5.97 Å². The largest absolute Gasteiger partial charge is 0.481 e. The van der Waals surface area contributed by atoms with Crippen molar-refractivity contribution in [2.24, 2.45) is 5.92 Å². The lowest BCUT2D eigenvalue weighted by Crippen LogP contribution is -2.13.